The molecule has 1 saturated heterocycles. The van der Waals surface area contributed by atoms with Gasteiger partial charge in [0.1, 0.15) is 27.8 Å². The van der Waals surface area contributed by atoms with Crippen molar-refractivity contribution in [1.82, 2.24) is 4.90 Å². The predicted molar refractivity (Wildman–Crippen MR) is 121 cm³/mol. The van der Waals surface area contributed by atoms with Gasteiger partial charge in [-0.15, -0.1) is 0 Å². The Morgan fingerprint density at radius 3 is 2.55 bits per heavy atom. The zero-order valence-corrected chi connectivity index (χ0v) is 19.8. The number of ether oxygens (including phenoxy) is 3. The number of carbonyl (C=O) groups is 1. The number of nitrogens with zero attached hydrogens (tertiary/aromatic N) is 1. The zero-order chi connectivity index (χ0) is 23.8. The number of rotatable bonds is 4. The Labute approximate surface area is 193 Å². The van der Waals surface area contributed by atoms with Gasteiger partial charge in [-0.25, -0.2) is 17.6 Å². The second-order valence-electron chi connectivity index (χ2n) is 9.40. The van der Waals surface area contributed by atoms with E-state index in [1.807, 2.05) is 20.8 Å². The highest BCUT2D eigenvalue weighted by Gasteiger charge is 2.29. The summed E-state index contributed by atoms with van der Waals surface area (Å²) in [6.45, 7) is 7.18. The van der Waals surface area contributed by atoms with Crippen LogP contribution >= 0.6 is 0 Å². The van der Waals surface area contributed by atoms with Gasteiger partial charge >= 0.3 is 6.09 Å². The van der Waals surface area contributed by atoms with E-state index in [4.69, 9.17) is 14.2 Å². The monoisotopic (exact) mass is 477 g/mol. The van der Waals surface area contributed by atoms with Crippen LogP contribution < -0.4 is 9.47 Å². The molecule has 2 aliphatic rings. The van der Waals surface area contributed by atoms with E-state index in [0.717, 1.165) is 12.8 Å². The average molecular weight is 478 g/mol. The SMILES string of the molecule is CC(C)(C)OC(=O)N1CCC(COc2ccc(-c3ccc4c(c3)OCS4(=O)=O)c(F)c2)CC1. The van der Waals surface area contributed by atoms with Crippen molar-refractivity contribution in [3.8, 4) is 22.6 Å². The number of fused-ring (bicyclic) bond motifs is 1. The smallest absolute Gasteiger partial charge is 0.410 e. The quantitative estimate of drug-likeness (QED) is 0.638. The first-order valence-electron chi connectivity index (χ1n) is 10.9. The van der Waals surface area contributed by atoms with Crippen molar-refractivity contribution in [1.29, 1.82) is 0 Å². The van der Waals surface area contributed by atoms with Gasteiger partial charge in [0, 0.05) is 24.7 Å². The minimum Gasteiger partial charge on any atom is -0.493 e. The summed E-state index contributed by atoms with van der Waals surface area (Å²) in [5.74, 6) is 0.0728. The highest BCUT2D eigenvalue weighted by atomic mass is 32.2. The van der Waals surface area contributed by atoms with Gasteiger partial charge in [0.05, 0.1) is 6.61 Å². The van der Waals surface area contributed by atoms with Crippen LogP contribution in [-0.2, 0) is 14.6 Å². The highest BCUT2D eigenvalue weighted by Crippen LogP contribution is 2.36. The molecule has 178 valence electrons. The summed E-state index contributed by atoms with van der Waals surface area (Å²) >= 11 is 0. The molecule has 0 aliphatic carbocycles. The van der Waals surface area contributed by atoms with Crippen LogP contribution in [0.1, 0.15) is 33.6 Å². The zero-order valence-electron chi connectivity index (χ0n) is 19.0. The van der Waals surface area contributed by atoms with Gasteiger partial charge in [0.2, 0.25) is 9.84 Å². The molecule has 4 rings (SSSR count). The summed E-state index contributed by atoms with van der Waals surface area (Å²) in [5, 5.41) is 0. The highest BCUT2D eigenvalue weighted by molar-refractivity contribution is 7.91. The predicted octanol–water partition coefficient (Wildman–Crippen LogP) is 4.64. The number of piperidine rings is 1. The van der Waals surface area contributed by atoms with Crippen LogP contribution in [-0.4, -0.2) is 50.6 Å². The normalized spacial score (nSPS) is 17.9. The summed E-state index contributed by atoms with van der Waals surface area (Å²) in [5.41, 5.74) is 0.353. The van der Waals surface area contributed by atoms with Gasteiger partial charge in [-0.3, -0.25) is 0 Å². The first kappa shape index (κ1) is 23.4. The van der Waals surface area contributed by atoms with E-state index in [2.05, 4.69) is 0 Å². The van der Waals surface area contributed by atoms with Crippen molar-refractivity contribution >= 4 is 15.9 Å². The fraction of sp³-hybridized carbons (Fsp3) is 0.458. The molecule has 2 aromatic rings. The van der Waals surface area contributed by atoms with Crippen molar-refractivity contribution in [3.63, 3.8) is 0 Å². The molecular formula is C24H28FNO6S. The third kappa shape index (κ3) is 5.40. The van der Waals surface area contributed by atoms with Gasteiger partial charge in [-0.1, -0.05) is 6.07 Å². The lowest BCUT2D eigenvalue weighted by Gasteiger charge is -2.33. The first-order chi connectivity index (χ1) is 15.5. The van der Waals surface area contributed by atoms with E-state index < -0.39 is 27.2 Å². The first-order valence-corrected chi connectivity index (χ1v) is 12.6. The molecule has 2 heterocycles. The Morgan fingerprint density at radius 2 is 1.88 bits per heavy atom. The summed E-state index contributed by atoms with van der Waals surface area (Å²) in [4.78, 5) is 14.0. The van der Waals surface area contributed by atoms with E-state index >= 15 is 0 Å². The molecule has 0 bridgehead atoms. The number of carbonyl (C=O) groups excluding carboxylic acids is 1. The largest absolute Gasteiger partial charge is 0.493 e. The summed E-state index contributed by atoms with van der Waals surface area (Å²) < 4.78 is 55.0. The molecule has 0 N–H and O–H groups in total. The Bertz CT molecular complexity index is 1150. The number of halogens is 1. The van der Waals surface area contributed by atoms with Crippen molar-refractivity contribution < 1.29 is 31.8 Å². The number of amides is 1. The molecule has 1 fully saturated rings. The van der Waals surface area contributed by atoms with Crippen LogP contribution in [0.3, 0.4) is 0 Å². The van der Waals surface area contributed by atoms with Crippen LogP contribution in [0, 0.1) is 11.7 Å². The minimum atomic E-state index is -3.42. The molecule has 0 spiro atoms. The van der Waals surface area contributed by atoms with E-state index in [1.54, 1.807) is 23.1 Å². The minimum absolute atomic E-state index is 0.129. The van der Waals surface area contributed by atoms with Gasteiger partial charge < -0.3 is 19.1 Å². The molecule has 1 amide bonds. The summed E-state index contributed by atoms with van der Waals surface area (Å²) in [6.07, 6.45) is 1.28. The second-order valence-corrected chi connectivity index (χ2v) is 11.3. The summed E-state index contributed by atoms with van der Waals surface area (Å²) in [7, 11) is -3.42. The average Bonchev–Trinajstić information content (AvgIpc) is 3.05. The van der Waals surface area contributed by atoms with Crippen LogP contribution in [0.25, 0.3) is 11.1 Å². The molecule has 0 saturated carbocycles. The van der Waals surface area contributed by atoms with Crippen LogP contribution in [0.2, 0.25) is 0 Å². The Hall–Kier alpha value is -2.81. The number of benzene rings is 2. The van der Waals surface area contributed by atoms with Crippen LogP contribution in [0.15, 0.2) is 41.3 Å². The van der Waals surface area contributed by atoms with Crippen LogP contribution in [0.4, 0.5) is 9.18 Å². The molecule has 2 aliphatic heterocycles. The third-order valence-electron chi connectivity index (χ3n) is 5.65. The van der Waals surface area contributed by atoms with E-state index in [1.165, 1.54) is 18.2 Å². The van der Waals surface area contributed by atoms with E-state index in [0.29, 0.717) is 36.6 Å². The lowest BCUT2D eigenvalue weighted by atomic mass is 9.98. The molecule has 0 radical (unpaired) electrons. The topological polar surface area (TPSA) is 82.1 Å². The van der Waals surface area contributed by atoms with Gasteiger partial charge in [0.25, 0.3) is 0 Å². The van der Waals surface area contributed by atoms with Gasteiger partial charge in [-0.05, 0) is 69.4 Å². The standard InChI is InChI=1S/C24H28FNO6S/c1-24(2,3)32-23(27)26-10-8-16(9-11-26)14-30-18-5-6-19(20(25)13-18)17-4-7-22-21(12-17)31-15-33(22,28)29/h4-7,12-13,16H,8-11,14-15H2,1-3H3. The Kier molecular flexibility index (Phi) is 6.26. The van der Waals surface area contributed by atoms with E-state index in [9.17, 15) is 17.6 Å². The van der Waals surface area contributed by atoms with Crippen molar-refractivity contribution in [2.45, 2.75) is 44.1 Å². The van der Waals surface area contributed by atoms with Gasteiger partial charge in [-0.2, -0.15) is 0 Å². The van der Waals surface area contributed by atoms with Crippen LogP contribution in [0.5, 0.6) is 11.5 Å². The molecule has 0 unspecified atom stereocenters. The molecule has 33 heavy (non-hydrogen) atoms. The maximum absolute atomic E-state index is 14.8. The second kappa shape index (κ2) is 8.85. The Balaban J connectivity index is 1.33. The van der Waals surface area contributed by atoms with E-state index in [-0.39, 0.29) is 22.7 Å². The van der Waals surface area contributed by atoms with Crippen molar-refractivity contribution in [2.75, 3.05) is 25.6 Å². The van der Waals surface area contributed by atoms with Crippen molar-refractivity contribution in [2.24, 2.45) is 5.92 Å². The Morgan fingerprint density at radius 1 is 1.15 bits per heavy atom. The van der Waals surface area contributed by atoms with Gasteiger partial charge in [0.15, 0.2) is 5.94 Å². The fourth-order valence-electron chi connectivity index (χ4n) is 3.89. The maximum atomic E-state index is 14.8. The lowest BCUT2D eigenvalue weighted by molar-refractivity contribution is 0.0165. The number of sulfone groups is 1. The fourth-order valence-corrected chi connectivity index (χ4v) is 5.00. The molecule has 0 aromatic heterocycles. The molecule has 7 nitrogen and oxygen atoms in total. The lowest BCUT2D eigenvalue weighted by Crippen LogP contribution is -2.42. The molecule has 0 atom stereocenters. The number of hydrogen-bond donors (Lipinski definition) is 0. The third-order valence-corrected chi connectivity index (χ3v) is 7.09. The summed E-state index contributed by atoms with van der Waals surface area (Å²) in [6, 6.07) is 9.19. The number of likely N-dealkylation sites (tertiary alicyclic amines) is 1. The van der Waals surface area contributed by atoms with Crippen molar-refractivity contribution in [3.05, 3.63) is 42.2 Å². The maximum Gasteiger partial charge on any atom is 0.410 e. The molecular weight excluding hydrogens is 449 g/mol. The molecule has 2 aromatic carbocycles. The number of hydrogen-bond acceptors (Lipinski definition) is 6. The molecule has 9 heteroatoms.